The van der Waals surface area contributed by atoms with Crippen molar-refractivity contribution < 1.29 is 9.59 Å². The molecule has 0 saturated carbocycles. The summed E-state index contributed by atoms with van der Waals surface area (Å²) in [4.78, 5) is 26.4. The van der Waals surface area contributed by atoms with Crippen LogP contribution in [0, 0.1) is 5.92 Å². The fourth-order valence-corrected chi connectivity index (χ4v) is 3.52. The van der Waals surface area contributed by atoms with Gasteiger partial charge in [-0.3, -0.25) is 9.59 Å². The molecule has 3 rings (SSSR count). The van der Waals surface area contributed by atoms with E-state index >= 15 is 0 Å². The summed E-state index contributed by atoms with van der Waals surface area (Å²) in [6, 6.07) is 12.9. The number of carbonyl (C=O) groups is 2. The van der Waals surface area contributed by atoms with E-state index in [1.165, 1.54) is 12.1 Å². The van der Waals surface area contributed by atoms with E-state index in [1.54, 1.807) is 4.90 Å². The lowest BCUT2D eigenvalue weighted by molar-refractivity contribution is -0.128. The standard InChI is InChI=1S/C19H17Cl3N2O2/c20-14-9-16(22)17(10-15(14)21)23-19(26)13-8-18(25)24(11-13)7-6-12-4-2-1-3-5-12/h1-5,9-10,13H,6-8,11H2,(H,23,26)/t13-/m1/s1. The van der Waals surface area contributed by atoms with E-state index in [0.717, 1.165) is 12.0 Å². The van der Waals surface area contributed by atoms with E-state index in [0.29, 0.717) is 33.8 Å². The number of nitrogens with zero attached hydrogens (tertiary/aromatic N) is 1. The Morgan fingerprint density at radius 2 is 1.77 bits per heavy atom. The fourth-order valence-electron chi connectivity index (χ4n) is 2.93. The number of hydrogen-bond acceptors (Lipinski definition) is 2. The van der Waals surface area contributed by atoms with Crippen LogP contribution in [-0.4, -0.2) is 29.8 Å². The van der Waals surface area contributed by atoms with Crippen LogP contribution < -0.4 is 5.32 Å². The highest BCUT2D eigenvalue weighted by Crippen LogP contribution is 2.33. The molecule has 4 nitrogen and oxygen atoms in total. The van der Waals surface area contributed by atoms with Gasteiger partial charge in [0.2, 0.25) is 11.8 Å². The summed E-state index contributed by atoms with van der Waals surface area (Å²) in [5, 5.41) is 3.67. The maximum atomic E-state index is 12.5. The third-order valence-electron chi connectivity index (χ3n) is 4.37. The Morgan fingerprint density at radius 3 is 2.50 bits per heavy atom. The Kier molecular flexibility index (Phi) is 6.07. The SMILES string of the molecule is O=C(Nc1cc(Cl)c(Cl)cc1Cl)[C@@H]1CC(=O)N(CCc2ccccc2)C1. The predicted octanol–water partition coefficient (Wildman–Crippen LogP) is 4.68. The molecule has 1 atom stereocenters. The van der Waals surface area contributed by atoms with Crippen LogP contribution in [0.15, 0.2) is 42.5 Å². The van der Waals surface area contributed by atoms with Crippen LogP contribution in [0.3, 0.4) is 0 Å². The number of hydrogen-bond donors (Lipinski definition) is 1. The predicted molar refractivity (Wildman–Crippen MR) is 105 cm³/mol. The van der Waals surface area contributed by atoms with Crippen molar-refractivity contribution >= 4 is 52.3 Å². The van der Waals surface area contributed by atoms with E-state index < -0.39 is 5.92 Å². The third-order valence-corrected chi connectivity index (χ3v) is 5.40. The second kappa shape index (κ2) is 8.30. The van der Waals surface area contributed by atoms with Gasteiger partial charge in [0.25, 0.3) is 0 Å². The van der Waals surface area contributed by atoms with Crippen molar-refractivity contribution in [2.45, 2.75) is 12.8 Å². The quantitative estimate of drug-likeness (QED) is 0.726. The molecule has 1 saturated heterocycles. The lowest BCUT2D eigenvalue weighted by atomic mass is 10.1. The topological polar surface area (TPSA) is 49.4 Å². The van der Waals surface area contributed by atoms with Crippen molar-refractivity contribution in [2.24, 2.45) is 5.92 Å². The van der Waals surface area contributed by atoms with Gasteiger partial charge in [-0.1, -0.05) is 65.1 Å². The van der Waals surface area contributed by atoms with Crippen LogP contribution >= 0.6 is 34.8 Å². The molecule has 1 N–H and O–H groups in total. The third kappa shape index (κ3) is 4.50. The van der Waals surface area contributed by atoms with Crippen molar-refractivity contribution in [3.05, 3.63) is 63.1 Å². The second-order valence-electron chi connectivity index (χ2n) is 6.21. The van der Waals surface area contributed by atoms with E-state index in [-0.39, 0.29) is 18.2 Å². The molecule has 0 aromatic heterocycles. The van der Waals surface area contributed by atoms with Crippen molar-refractivity contribution in [3.63, 3.8) is 0 Å². The molecule has 1 fully saturated rings. The molecule has 1 aliphatic rings. The molecule has 1 heterocycles. The van der Waals surface area contributed by atoms with Crippen molar-refractivity contribution in [3.8, 4) is 0 Å². The molecule has 2 aromatic carbocycles. The maximum absolute atomic E-state index is 12.5. The van der Waals surface area contributed by atoms with E-state index in [9.17, 15) is 9.59 Å². The van der Waals surface area contributed by atoms with Gasteiger partial charge in [-0.15, -0.1) is 0 Å². The van der Waals surface area contributed by atoms with E-state index in [2.05, 4.69) is 5.32 Å². The number of anilines is 1. The zero-order valence-corrected chi connectivity index (χ0v) is 16.1. The van der Waals surface area contributed by atoms with Gasteiger partial charge < -0.3 is 10.2 Å². The molecule has 0 bridgehead atoms. The van der Waals surface area contributed by atoms with Gasteiger partial charge in [-0.2, -0.15) is 0 Å². The highest BCUT2D eigenvalue weighted by atomic mass is 35.5. The highest BCUT2D eigenvalue weighted by molar-refractivity contribution is 6.44. The van der Waals surface area contributed by atoms with Crippen molar-refractivity contribution in [1.29, 1.82) is 0 Å². The Morgan fingerprint density at radius 1 is 1.08 bits per heavy atom. The van der Waals surface area contributed by atoms with Crippen LogP contribution in [0.4, 0.5) is 5.69 Å². The summed E-state index contributed by atoms with van der Waals surface area (Å²) in [6.07, 6.45) is 0.957. The fraction of sp³-hybridized carbons (Fsp3) is 0.263. The molecule has 0 aliphatic carbocycles. The number of carbonyl (C=O) groups excluding carboxylic acids is 2. The molecule has 7 heteroatoms. The average molecular weight is 412 g/mol. The van der Waals surface area contributed by atoms with Crippen LogP contribution in [0.1, 0.15) is 12.0 Å². The molecule has 0 radical (unpaired) electrons. The summed E-state index contributed by atoms with van der Waals surface area (Å²) in [6.45, 7) is 0.997. The normalized spacial score (nSPS) is 16.8. The first-order valence-electron chi connectivity index (χ1n) is 8.21. The molecule has 136 valence electrons. The zero-order chi connectivity index (χ0) is 18.7. The largest absolute Gasteiger partial charge is 0.342 e. The number of amides is 2. The van der Waals surface area contributed by atoms with Gasteiger partial charge in [0.15, 0.2) is 0 Å². The van der Waals surface area contributed by atoms with Gasteiger partial charge in [-0.25, -0.2) is 0 Å². The van der Waals surface area contributed by atoms with Crippen LogP contribution in [0.2, 0.25) is 15.1 Å². The summed E-state index contributed by atoms with van der Waals surface area (Å²) < 4.78 is 0. The smallest absolute Gasteiger partial charge is 0.229 e. The summed E-state index contributed by atoms with van der Waals surface area (Å²) in [7, 11) is 0. The number of benzene rings is 2. The van der Waals surface area contributed by atoms with Crippen LogP contribution in [-0.2, 0) is 16.0 Å². The summed E-state index contributed by atoms with van der Waals surface area (Å²) in [5.74, 6) is -0.675. The summed E-state index contributed by atoms with van der Waals surface area (Å²) in [5.41, 5.74) is 1.55. The minimum atomic E-state index is -0.413. The first kappa shape index (κ1) is 19.0. The Balaban J connectivity index is 1.59. The van der Waals surface area contributed by atoms with E-state index in [4.69, 9.17) is 34.8 Å². The van der Waals surface area contributed by atoms with Crippen molar-refractivity contribution in [1.82, 2.24) is 4.90 Å². The van der Waals surface area contributed by atoms with Gasteiger partial charge in [0.1, 0.15) is 0 Å². The molecular formula is C19H17Cl3N2O2. The molecule has 0 unspecified atom stereocenters. The Labute approximate surface area is 167 Å². The molecule has 1 aliphatic heterocycles. The second-order valence-corrected chi connectivity index (χ2v) is 7.43. The lowest BCUT2D eigenvalue weighted by Crippen LogP contribution is -2.30. The molecule has 0 spiro atoms. The van der Waals surface area contributed by atoms with E-state index in [1.807, 2.05) is 30.3 Å². The summed E-state index contributed by atoms with van der Waals surface area (Å²) >= 11 is 18.0. The zero-order valence-electron chi connectivity index (χ0n) is 13.8. The number of nitrogens with one attached hydrogen (secondary N) is 1. The Hall–Kier alpha value is -1.75. The van der Waals surface area contributed by atoms with Crippen molar-refractivity contribution in [2.75, 3.05) is 18.4 Å². The highest BCUT2D eigenvalue weighted by Gasteiger charge is 2.34. The van der Waals surface area contributed by atoms with Gasteiger partial charge in [0, 0.05) is 19.5 Å². The first-order valence-corrected chi connectivity index (χ1v) is 9.34. The van der Waals surface area contributed by atoms with Gasteiger partial charge >= 0.3 is 0 Å². The maximum Gasteiger partial charge on any atom is 0.229 e. The first-order chi connectivity index (χ1) is 12.4. The minimum absolute atomic E-state index is 0.0127. The molecule has 26 heavy (non-hydrogen) atoms. The lowest BCUT2D eigenvalue weighted by Gasteiger charge is -2.17. The van der Waals surface area contributed by atoms with Crippen LogP contribution in [0.25, 0.3) is 0 Å². The minimum Gasteiger partial charge on any atom is -0.342 e. The number of rotatable bonds is 5. The molecule has 2 amide bonds. The number of likely N-dealkylation sites (tertiary alicyclic amines) is 1. The average Bonchev–Trinajstić information content (AvgIpc) is 3.00. The molecule has 2 aromatic rings. The van der Waals surface area contributed by atoms with Gasteiger partial charge in [-0.05, 0) is 24.1 Å². The Bertz CT molecular complexity index is 827. The van der Waals surface area contributed by atoms with Crippen LogP contribution in [0.5, 0.6) is 0 Å². The van der Waals surface area contributed by atoms with Gasteiger partial charge in [0.05, 0.1) is 26.7 Å². The molecular weight excluding hydrogens is 395 g/mol. The number of halogens is 3. The monoisotopic (exact) mass is 410 g/mol.